The number of aliphatic hydroxyl groups excluding tert-OH is 2. The molecule has 2 aromatic rings. The number of rotatable bonds is 35. The van der Waals surface area contributed by atoms with E-state index in [2.05, 4.69) is 47.5 Å². The molecule has 0 fully saturated rings. The second-order valence-corrected chi connectivity index (χ2v) is 20.4. The number of phenols is 2. The lowest BCUT2D eigenvalue weighted by atomic mass is 9.99. The van der Waals surface area contributed by atoms with Gasteiger partial charge in [0.05, 0.1) is 25.7 Å². The first-order valence-corrected chi connectivity index (χ1v) is 25.9. The van der Waals surface area contributed by atoms with Gasteiger partial charge in [0.25, 0.3) is 0 Å². The number of hydrogen-bond acceptors (Lipinski definition) is 16. The number of hydrogen-bond donors (Lipinski definition) is 16. The molecule has 438 valence electrons. The molecule has 0 aliphatic rings. The zero-order valence-electron chi connectivity index (χ0n) is 45.5. The number of primary amides is 1. The van der Waals surface area contributed by atoms with E-state index in [-0.39, 0.29) is 80.3 Å². The molecule has 2 rings (SSSR count). The van der Waals surface area contributed by atoms with Crippen molar-refractivity contribution in [2.75, 3.05) is 19.8 Å². The number of guanidine groups is 1. The van der Waals surface area contributed by atoms with Gasteiger partial charge in [-0.3, -0.25) is 48.1 Å². The van der Waals surface area contributed by atoms with Crippen molar-refractivity contribution < 1.29 is 68.4 Å². The smallest absolute Gasteiger partial charge is 0.245 e. The minimum Gasteiger partial charge on any atom is -0.508 e. The molecular weight excluding hydrogens is 1030 g/mol. The Morgan fingerprint density at radius 1 is 0.494 bits per heavy atom. The van der Waals surface area contributed by atoms with Gasteiger partial charge in [0.1, 0.15) is 66.1 Å². The normalized spacial score (nSPS) is 14.6. The number of carbonyl (C=O) groups excluding carboxylic acids is 10. The molecule has 2 aromatic carbocycles. The van der Waals surface area contributed by atoms with E-state index >= 15 is 0 Å². The predicted octanol–water partition coefficient (Wildman–Crippen LogP) is -3.66. The first-order valence-electron chi connectivity index (χ1n) is 25.9. The Labute approximate surface area is 459 Å². The minimum absolute atomic E-state index is 0.0123. The van der Waals surface area contributed by atoms with Gasteiger partial charge in [-0.2, -0.15) is 0 Å². The van der Waals surface area contributed by atoms with Crippen LogP contribution in [0.4, 0.5) is 0 Å². The second-order valence-electron chi connectivity index (χ2n) is 20.4. The van der Waals surface area contributed by atoms with E-state index in [9.17, 15) is 68.4 Å². The third-order valence-electron chi connectivity index (χ3n) is 11.9. The average Bonchev–Trinajstić information content (AvgIpc) is 3.37. The monoisotopic (exact) mass is 1110 g/mol. The fourth-order valence-corrected chi connectivity index (χ4v) is 7.87. The van der Waals surface area contributed by atoms with E-state index in [0.29, 0.717) is 23.8 Å². The van der Waals surface area contributed by atoms with Gasteiger partial charge in [0, 0.05) is 19.4 Å². The zero-order valence-corrected chi connectivity index (χ0v) is 45.5. The van der Waals surface area contributed by atoms with Crippen LogP contribution in [0.1, 0.15) is 91.2 Å². The topological polar surface area (TPSA) is 464 Å². The third-order valence-corrected chi connectivity index (χ3v) is 11.9. The van der Waals surface area contributed by atoms with Crippen molar-refractivity contribution in [3.05, 3.63) is 59.7 Å². The largest absolute Gasteiger partial charge is 0.508 e. The van der Waals surface area contributed by atoms with Crippen molar-refractivity contribution in [3.8, 4) is 11.5 Å². The van der Waals surface area contributed by atoms with Crippen molar-refractivity contribution in [1.29, 1.82) is 0 Å². The lowest BCUT2D eigenvalue weighted by molar-refractivity contribution is -0.137. The summed E-state index contributed by atoms with van der Waals surface area (Å²) in [5, 5.41) is 59.5. The minimum atomic E-state index is -1.83. The highest BCUT2D eigenvalue weighted by Crippen LogP contribution is 2.16. The van der Waals surface area contributed by atoms with Crippen LogP contribution in [0.15, 0.2) is 53.5 Å². The fraction of sp³-hybridized carbons (Fsp3) is 0.558. The van der Waals surface area contributed by atoms with Crippen LogP contribution in [0, 0.1) is 17.8 Å². The summed E-state index contributed by atoms with van der Waals surface area (Å²) in [5.41, 5.74) is 23.0. The molecule has 0 aliphatic carbocycles. The summed E-state index contributed by atoms with van der Waals surface area (Å²) in [7, 11) is 0. The van der Waals surface area contributed by atoms with Crippen LogP contribution < -0.4 is 65.5 Å². The van der Waals surface area contributed by atoms with Crippen LogP contribution in [0.25, 0.3) is 0 Å². The van der Waals surface area contributed by atoms with E-state index in [0.717, 1.165) is 0 Å². The van der Waals surface area contributed by atoms with Crippen molar-refractivity contribution in [2.45, 2.75) is 147 Å². The van der Waals surface area contributed by atoms with Crippen molar-refractivity contribution in [1.82, 2.24) is 42.5 Å². The maximum Gasteiger partial charge on any atom is 0.245 e. The number of aliphatic hydroxyl groups is 2. The molecule has 0 aromatic heterocycles. The molecule has 27 heteroatoms. The summed E-state index contributed by atoms with van der Waals surface area (Å²) >= 11 is 0. The summed E-state index contributed by atoms with van der Waals surface area (Å²) in [5.74, 6) is -9.56. The number of nitrogens with zero attached hydrogens (tertiary/aromatic N) is 1. The van der Waals surface area contributed by atoms with E-state index in [4.69, 9.17) is 22.9 Å². The van der Waals surface area contributed by atoms with Gasteiger partial charge in [0.2, 0.25) is 53.2 Å². The van der Waals surface area contributed by atoms with Crippen molar-refractivity contribution in [3.63, 3.8) is 0 Å². The molecule has 0 aliphatic heterocycles. The molecule has 20 N–H and O–H groups in total. The van der Waals surface area contributed by atoms with Gasteiger partial charge in [-0.05, 0) is 85.3 Å². The molecular formula is C52H81N13O14. The summed E-state index contributed by atoms with van der Waals surface area (Å²) < 4.78 is 0. The van der Waals surface area contributed by atoms with Crippen molar-refractivity contribution in [2.24, 2.45) is 45.7 Å². The number of nitrogens with one attached hydrogen (secondary N) is 8. The molecule has 0 saturated carbocycles. The summed E-state index contributed by atoms with van der Waals surface area (Å²) in [4.78, 5) is 139. The lowest BCUT2D eigenvalue weighted by Crippen LogP contribution is -2.61. The zero-order chi connectivity index (χ0) is 59.5. The molecule has 0 radical (unpaired) electrons. The van der Waals surface area contributed by atoms with Crippen LogP contribution in [-0.4, -0.2) is 160 Å². The van der Waals surface area contributed by atoms with Gasteiger partial charge in [-0.15, -0.1) is 0 Å². The molecule has 0 spiro atoms. The Morgan fingerprint density at radius 2 is 0.861 bits per heavy atom. The summed E-state index contributed by atoms with van der Waals surface area (Å²) in [6.45, 7) is 8.85. The highest BCUT2D eigenvalue weighted by atomic mass is 16.3. The van der Waals surface area contributed by atoms with Gasteiger partial charge < -0.3 is 90.7 Å². The summed E-state index contributed by atoms with van der Waals surface area (Å²) in [6.07, 6.45) is -0.468. The molecule has 0 bridgehead atoms. The molecule has 0 heterocycles. The molecule has 9 amide bonds. The number of aldehydes is 1. The molecule has 79 heavy (non-hydrogen) atoms. The van der Waals surface area contributed by atoms with Gasteiger partial charge >= 0.3 is 0 Å². The van der Waals surface area contributed by atoms with Crippen LogP contribution in [0.3, 0.4) is 0 Å². The Morgan fingerprint density at radius 3 is 1.28 bits per heavy atom. The Kier molecular flexibility index (Phi) is 29.0. The quantitative estimate of drug-likeness (QED) is 0.0137. The van der Waals surface area contributed by atoms with E-state index in [1.54, 1.807) is 27.7 Å². The molecule has 0 unspecified atom stereocenters. The van der Waals surface area contributed by atoms with Crippen LogP contribution in [-0.2, 0) is 60.8 Å². The highest BCUT2D eigenvalue weighted by molar-refractivity contribution is 5.99. The van der Waals surface area contributed by atoms with E-state index in [1.807, 2.05) is 13.8 Å². The predicted molar refractivity (Wildman–Crippen MR) is 289 cm³/mol. The lowest BCUT2D eigenvalue weighted by Gasteiger charge is -2.28. The molecule has 9 atom stereocenters. The Hall–Kier alpha value is -7.91. The number of nitrogens with two attached hydrogens (primary N) is 4. The first-order chi connectivity index (χ1) is 37.2. The molecule has 27 nitrogen and oxygen atoms in total. The summed E-state index contributed by atoms with van der Waals surface area (Å²) in [6, 6.07) is -1.32. The number of benzene rings is 2. The standard InChI is InChI=1S/C52H81N13O14/c1-27(2)18-32(24-66)58-46(74)39(21-30-9-13-33(69)14-10-30)62-49(77)40(22-31-11-15-34(70)16-12-31)63-47(75)38(20-29(5)6)61-45(73)36(8-7-17-57-52(55)56)59-50(78)41(23-43(54)71)64-51(79)42(26-68)65-48(76)37(19-28(3)4)60-44(72)35(53)25-67/h9-16,24,27-29,32,35-42,67-70H,7-8,17-23,25-26,53H2,1-6H3,(H2,54,71)(H,58,74)(H,59,78)(H,60,72)(H,61,73)(H,62,77)(H,63,75)(H,64,79)(H,65,76)(H4,55,56,57)/t32-,35-,36-,37-,38-,39-,40-,41-,42-/m0/s1. The number of amides is 9. The third kappa shape index (κ3) is 25.4. The number of aliphatic imine (C=N–C) groups is 1. The maximum absolute atomic E-state index is 14.5. The van der Waals surface area contributed by atoms with E-state index in [1.165, 1.54) is 48.5 Å². The highest BCUT2D eigenvalue weighted by Gasteiger charge is 2.36. The number of aromatic hydroxyl groups is 2. The van der Waals surface area contributed by atoms with Crippen LogP contribution in [0.2, 0.25) is 0 Å². The van der Waals surface area contributed by atoms with Gasteiger partial charge in [0.15, 0.2) is 5.96 Å². The van der Waals surface area contributed by atoms with Crippen LogP contribution in [0.5, 0.6) is 11.5 Å². The Bertz CT molecular complexity index is 2380. The number of carbonyl (C=O) groups is 10. The fourth-order valence-electron chi connectivity index (χ4n) is 7.87. The van der Waals surface area contributed by atoms with Gasteiger partial charge in [-0.25, -0.2) is 0 Å². The van der Waals surface area contributed by atoms with Crippen molar-refractivity contribution >= 4 is 65.4 Å². The second kappa shape index (κ2) is 34.1. The Balaban J connectivity index is 2.54. The maximum atomic E-state index is 14.5. The van der Waals surface area contributed by atoms with E-state index < -0.39 is 127 Å². The van der Waals surface area contributed by atoms with Crippen LogP contribution >= 0.6 is 0 Å². The average molecular weight is 1110 g/mol. The first kappa shape index (κ1) is 67.2. The number of phenolic OH excluding ortho intramolecular Hbond substituents is 2. The molecule has 0 saturated heterocycles. The SMILES string of the molecule is CC(C)C[C@@H](C=O)NC(=O)[C@H](Cc1ccc(O)cc1)NC(=O)[C@H](Cc1ccc(O)cc1)NC(=O)[C@H](CC(C)C)NC(=O)[C@H](CCCN=C(N)N)NC(=O)[C@H](CC(N)=O)NC(=O)[C@H](CO)NC(=O)[C@H](CC(C)C)NC(=O)[C@@H](N)CO. The van der Waals surface area contributed by atoms with Gasteiger partial charge in [-0.1, -0.05) is 65.8 Å².